The van der Waals surface area contributed by atoms with Gasteiger partial charge < -0.3 is 4.42 Å². The number of piperidine rings is 1. The van der Waals surface area contributed by atoms with E-state index in [0.717, 1.165) is 36.4 Å². The van der Waals surface area contributed by atoms with Gasteiger partial charge in [0.15, 0.2) is 11.6 Å². The van der Waals surface area contributed by atoms with Crippen LogP contribution in [0.1, 0.15) is 35.1 Å². The molecule has 1 aliphatic heterocycles. The van der Waals surface area contributed by atoms with Crippen LogP contribution in [0, 0.1) is 18.6 Å². The molecule has 0 unspecified atom stereocenters. The summed E-state index contributed by atoms with van der Waals surface area (Å²) in [5, 5.41) is 8.44. The molecular weight excluding hydrogens is 356 g/mol. The minimum absolute atomic E-state index is 0.163. The van der Waals surface area contributed by atoms with Crippen LogP contribution < -0.4 is 0 Å². The standard InChI is InChI=1S/C19H19F2N3OS/c1-12-4-7-17(26-12)19-23-22-18(25-19)14-3-2-8-24(11-14)10-13-5-6-15(20)16(21)9-13/h4-7,9,14H,2-3,8,10-11H2,1H3/t14-/m1/s1. The molecule has 2 aromatic heterocycles. The highest BCUT2D eigenvalue weighted by Gasteiger charge is 2.26. The highest BCUT2D eigenvalue weighted by atomic mass is 32.1. The van der Waals surface area contributed by atoms with Gasteiger partial charge in [-0.05, 0) is 56.1 Å². The van der Waals surface area contributed by atoms with E-state index in [0.29, 0.717) is 18.3 Å². The van der Waals surface area contributed by atoms with E-state index in [2.05, 4.69) is 15.1 Å². The van der Waals surface area contributed by atoms with E-state index in [-0.39, 0.29) is 5.92 Å². The van der Waals surface area contributed by atoms with E-state index < -0.39 is 11.6 Å². The number of halogens is 2. The fraction of sp³-hybridized carbons (Fsp3) is 0.368. The molecule has 1 aromatic carbocycles. The molecule has 0 amide bonds. The van der Waals surface area contributed by atoms with Gasteiger partial charge in [-0.3, -0.25) is 4.90 Å². The largest absolute Gasteiger partial charge is 0.420 e. The van der Waals surface area contributed by atoms with Crippen LogP contribution in [-0.2, 0) is 6.54 Å². The Morgan fingerprint density at radius 2 is 2.08 bits per heavy atom. The zero-order valence-electron chi connectivity index (χ0n) is 14.4. The average Bonchev–Trinajstić information content (AvgIpc) is 3.27. The normalized spacial score (nSPS) is 18.3. The van der Waals surface area contributed by atoms with Gasteiger partial charge >= 0.3 is 0 Å². The second-order valence-electron chi connectivity index (χ2n) is 6.68. The molecule has 26 heavy (non-hydrogen) atoms. The van der Waals surface area contributed by atoms with Crippen molar-refractivity contribution in [3.05, 3.63) is 58.3 Å². The first-order valence-electron chi connectivity index (χ1n) is 8.65. The van der Waals surface area contributed by atoms with Gasteiger partial charge in [-0.1, -0.05) is 6.07 Å². The zero-order chi connectivity index (χ0) is 18.1. The second-order valence-corrected chi connectivity index (χ2v) is 7.97. The van der Waals surface area contributed by atoms with Crippen LogP contribution >= 0.6 is 11.3 Å². The summed E-state index contributed by atoms with van der Waals surface area (Å²) in [5.74, 6) is -0.232. The van der Waals surface area contributed by atoms with Crippen molar-refractivity contribution < 1.29 is 13.2 Å². The predicted molar refractivity (Wildman–Crippen MR) is 96.0 cm³/mol. The summed E-state index contributed by atoms with van der Waals surface area (Å²) in [6.45, 7) is 4.31. The number of thiophene rings is 1. The average molecular weight is 375 g/mol. The van der Waals surface area contributed by atoms with Gasteiger partial charge in [-0.2, -0.15) is 0 Å². The molecule has 3 aromatic rings. The van der Waals surface area contributed by atoms with Crippen molar-refractivity contribution in [1.29, 1.82) is 0 Å². The van der Waals surface area contributed by atoms with Gasteiger partial charge in [0, 0.05) is 18.0 Å². The van der Waals surface area contributed by atoms with Gasteiger partial charge in [0.05, 0.1) is 10.8 Å². The molecule has 0 bridgehead atoms. The number of hydrogen-bond donors (Lipinski definition) is 0. The number of aryl methyl sites for hydroxylation is 1. The lowest BCUT2D eigenvalue weighted by molar-refractivity contribution is 0.186. The van der Waals surface area contributed by atoms with Crippen LogP contribution in [0.15, 0.2) is 34.7 Å². The minimum atomic E-state index is -0.813. The van der Waals surface area contributed by atoms with Crippen molar-refractivity contribution in [2.24, 2.45) is 0 Å². The number of rotatable bonds is 4. The van der Waals surface area contributed by atoms with Gasteiger partial charge in [0.1, 0.15) is 0 Å². The van der Waals surface area contributed by atoms with Crippen LogP contribution in [-0.4, -0.2) is 28.2 Å². The summed E-state index contributed by atoms with van der Waals surface area (Å²) in [7, 11) is 0. The molecule has 4 rings (SSSR count). The first kappa shape index (κ1) is 17.3. The number of aromatic nitrogens is 2. The highest BCUT2D eigenvalue weighted by molar-refractivity contribution is 7.15. The lowest BCUT2D eigenvalue weighted by atomic mass is 9.97. The first-order chi connectivity index (χ1) is 12.6. The topological polar surface area (TPSA) is 42.2 Å². The van der Waals surface area contributed by atoms with E-state index >= 15 is 0 Å². The predicted octanol–water partition coefficient (Wildman–Crippen LogP) is 4.76. The van der Waals surface area contributed by atoms with Crippen molar-refractivity contribution in [2.75, 3.05) is 13.1 Å². The van der Waals surface area contributed by atoms with Gasteiger partial charge in [-0.15, -0.1) is 21.5 Å². The second kappa shape index (κ2) is 7.25. The summed E-state index contributed by atoms with van der Waals surface area (Å²) in [5.41, 5.74) is 0.768. The fourth-order valence-corrected chi connectivity index (χ4v) is 4.13. The molecule has 136 valence electrons. The number of nitrogens with zero attached hydrogens (tertiary/aromatic N) is 3. The lowest BCUT2D eigenvalue weighted by Crippen LogP contribution is -2.34. The van der Waals surface area contributed by atoms with Crippen LogP contribution in [0.25, 0.3) is 10.8 Å². The van der Waals surface area contributed by atoms with Gasteiger partial charge in [0.25, 0.3) is 5.89 Å². The van der Waals surface area contributed by atoms with E-state index in [1.165, 1.54) is 17.0 Å². The van der Waals surface area contributed by atoms with Crippen molar-refractivity contribution in [2.45, 2.75) is 32.2 Å². The Morgan fingerprint density at radius 1 is 1.19 bits per heavy atom. The number of likely N-dealkylation sites (tertiary alicyclic amines) is 1. The van der Waals surface area contributed by atoms with Crippen molar-refractivity contribution in [1.82, 2.24) is 15.1 Å². The van der Waals surface area contributed by atoms with Crippen LogP contribution in [0.3, 0.4) is 0 Å². The summed E-state index contributed by atoms with van der Waals surface area (Å²) < 4.78 is 32.4. The maximum atomic E-state index is 13.4. The third-order valence-electron chi connectivity index (χ3n) is 4.64. The Balaban J connectivity index is 1.45. The van der Waals surface area contributed by atoms with E-state index in [9.17, 15) is 8.78 Å². The molecule has 1 fully saturated rings. The molecule has 0 saturated carbocycles. The highest BCUT2D eigenvalue weighted by Crippen LogP contribution is 2.31. The molecule has 0 radical (unpaired) electrons. The molecule has 0 aliphatic carbocycles. The summed E-state index contributed by atoms with van der Waals surface area (Å²) in [4.78, 5) is 4.41. The zero-order valence-corrected chi connectivity index (χ0v) is 15.2. The Bertz CT molecular complexity index is 908. The Morgan fingerprint density at radius 3 is 2.85 bits per heavy atom. The van der Waals surface area contributed by atoms with E-state index in [1.807, 2.05) is 19.1 Å². The first-order valence-corrected chi connectivity index (χ1v) is 9.46. The minimum Gasteiger partial charge on any atom is -0.420 e. The quantitative estimate of drug-likeness (QED) is 0.659. The maximum Gasteiger partial charge on any atom is 0.257 e. The van der Waals surface area contributed by atoms with Gasteiger partial charge in [0.2, 0.25) is 5.89 Å². The maximum absolute atomic E-state index is 13.4. The molecule has 1 saturated heterocycles. The summed E-state index contributed by atoms with van der Waals surface area (Å²) >= 11 is 1.63. The lowest BCUT2D eigenvalue weighted by Gasteiger charge is -2.31. The Hall–Kier alpha value is -2.12. The molecule has 0 N–H and O–H groups in total. The SMILES string of the molecule is Cc1ccc(-c2nnc([C@@H]3CCCN(Cc4ccc(F)c(F)c4)C3)o2)s1. The van der Waals surface area contributed by atoms with Crippen molar-refractivity contribution in [3.63, 3.8) is 0 Å². The van der Waals surface area contributed by atoms with Gasteiger partial charge in [-0.25, -0.2) is 8.78 Å². The molecule has 7 heteroatoms. The number of hydrogen-bond acceptors (Lipinski definition) is 5. The Kier molecular flexibility index (Phi) is 4.82. The van der Waals surface area contributed by atoms with Crippen molar-refractivity contribution >= 4 is 11.3 Å². The molecule has 0 spiro atoms. The smallest absolute Gasteiger partial charge is 0.257 e. The number of benzene rings is 1. The van der Waals surface area contributed by atoms with Crippen LogP contribution in [0.5, 0.6) is 0 Å². The molecule has 3 heterocycles. The monoisotopic (exact) mass is 375 g/mol. The molecule has 4 nitrogen and oxygen atoms in total. The molecular formula is C19H19F2N3OS. The summed E-state index contributed by atoms with van der Waals surface area (Å²) in [6.07, 6.45) is 1.99. The van der Waals surface area contributed by atoms with E-state index in [1.54, 1.807) is 17.4 Å². The third-order valence-corrected chi connectivity index (χ3v) is 5.63. The molecule has 1 atom stereocenters. The van der Waals surface area contributed by atoms with E-state index in [4.69, 9.17) is 4.42 Å². The Labute approximate surface area is 154 Å². The fourth-order valence-electron chi connectivity index (χ4n) is 3.35. The molecule has 1 aliphatic rings. The summed E-state index contributed by atoms with van der Waals surface area (Å²) in [6, 6.07) is 8.11. The third kappa shape index (κ3) is 3.68. The van der Waals surface area contributed by atoms with Crippen LogP contribution in [0.2, 0.25) is 0 Å². The van der Waals surface area contributed by atoms with Crippen LogP contribution in [0.4, 0.5) is 8.78 Å². The van der Waals surface area contributed by atoms with Crippen molar-refractivity contribution in [3.8, 4) is 10.8 Å².